The minimum absolute atomic E-state index is 0.00637. The summed E-state index contributed by atoms with van der Waals surface area (Å²) in [5.41, 5.74) is 0.540. The number of allylic oxidation sites excluding steroid dienone is 1. The molecule has 0 saturated heterocycles. The lowest BCUT2D eigenvalue weighted by molar-refractivity contribution is -0.137. The average Bonchev–Trinajstić information content (AvgIpc) is 3.50. The number of benzene rings is 2. The Balaban J connectivity index is 1.53. The molecule has 0 spiro atoms. The molecule has 0 radical (unpaired) electrons. The summed E-state index contributed by atoms with van der Waals surface area (Å²) in [6, 6.07) is 15.2. The zero-order chi connectivity index (χ0) is 26.2. The first-order valence-corrected chi connectivity index (χ1v) is 11.1. The molecule has 37 heavy (non-hydrogen) atoms. The van der Waals surface area contributed by atoms with Crippen molar-refractivity contribution in [2.45, 2.75) is 6.18 Å². The number of amides is 1. The third-order valence-electron chi connectivity index (χ3n) is 5.62. The van der Waals surface area contributed by atoms with Gasteiger partial charge in [-0.1, -0.05) is 18.2 Å². The van der Waals surface area contributed by atoms with Crippen molar-refractivity contribution in [3.05, 3.63) is 95.8 Å². The number of nitrogens with zero attached hydrogens (tertiary/aromatic N) is 5. The molecule has 4 aromatic rings. The highest BCUT2D eigenvalue weighted by atomic mass is 19.4. The van der Waals surface area contributed by atoms with Gasteiger partial charge in [0.05, 0.1) is 22.7 Å². The summed E-state index contributed by atoms with van der Waals surface area (Å²) in [6.45, 7) is -0.00637. The van der Waals surface area contributed by atoms with Crippen LogP contribution >= 0.6 is 0 Å². The monoisotopic (exact) mass is 504 g/mol. The Morgan fingerprint density at radius 2 is 1.76 bits per heavy atom. The van der Waals surface area contributed by atoms with E-state index in [1.807, 2.05) is 6.07 Å². The van der Waals surface area contributed by atoms with Crippen LogP contribution in [0.4, 0.5) is 19.0 Å². The zero-order valence-corrected chi connectivity index (χ0v) is 19.4. The number of dihydropyridines is 1. The summed E-state index contributed by atoms with van der Waals surface area (Å²) in [7, 11) is 1.59. The molecule has 186 valence electrons. The maximum atomic E-state index is 13.7. The molecule has 0 saturated carbocycles. The molecule has 1 aliphatic rings. The van der Waals surface area contributed by atoms with Gasteiger partial charge in [-0.25, -0.2) is 4.68 Å². The van der Waals surface area contributed by atoms with Gasteiger partial charge in [0.1, 0.15) is 18.1 Å². The van der Waals surface area contributed by atoms with Crippen LogP contribution in [0.2, 0.25) is 0 Å². The summed E-state index contributed by atoms with van der Waals surface area (Å²) in [6.07, 6.45) is -0.149. The molecule has 0 aliphatic carbocycles. The third-order valence-corrected chi connectivity index (χ3v) is 5.62. The van der Waals surface area contributed by atoms with Crippen molar-refractivity contribution < 1.29 is 22.8 Å². The quantitative estimate of drug-likeness (QED) is 0.434. The van der Waals surface area contributed by atoms with Gasteiger partial charge in [-0.2, -0.15) is 23.4 Å². The van der Waals surface area contributed by atoms with E-state index >= 15 is 0 Å². The Morgan fingerprint density at radius 3 is 2.41 bits per heavy atom. The minimum atomic E-state index is -4.63. The molecule has 0 atom stereocenters. The molecule has 3 heterocycles. The van der Waals surface area contributed by atoms with Crippen molar-refractivity contribution in [1.29, 1.82) is 0 Å². The second-order valence-corrected chi connectivity index (χ2v) is 8.25. The smallest absolute Gasteiger partial charge is 0.306 e. The Morgan fingerprint density at radius 1 is 0.973 bits per heavy atom. The van der Waals surface area contributed by atoms with Gasteiger partial charge in [0.2, 0.25) is 0 Å². The maximum absolute atomic E-state index is 13.7. The number of nitrogens with one attached hydrogen (secondary N) is 1. The molecule has 1 amide bonds. The number of aliphatic imine (C=N–C) groups is 1. The predicted molar refractivity (Wildman–Crippen MR) is 131 cm³/mol. The normalized spacial score (nSPS) is 13.5. The lowest BCUT2D eigenvalue weighted by Gasteiger charge is -2.14. The zero-order valence-electron chi connectivity index (χ0n) is 19.4. The summed E-state index contributed by atoms with van der Waals surface area (Å²) in [5, 5.41) is 11.4. The van der Waals surface area contributed by atoms with Crippen molar-refractivity contribution in [2.75, 3.05) is 11.9 Å². The predicted octanol–water partition coefficient (Wildman–Crippen LogP) is 4.47. The number of aromatic nitrogens is 4. The van der Waals surface area contributed by atoms with Crippen LogP contribution in [0, 0.1) is 0 Å². The first kappa shape index (κ1) is 23.9. The molecule has 0 bridgehead atoms. The Hall–Kier alpha value is -4.80. The highest BCUT2D eigenvalue weighted by molar-refractivity contribution is 6.14. The SMILES string of the molecule is Cn1ccc(-c2cc(C(=O)Nc3cc(C4=NCC(=O)C=C4)nn3-c3ccccc3)ccc2C(F)(F)F)n1. The molecule has 1 aliphatic heterocycles. The number of aryl methyl sites for hydroxylation is 1. The molecular formula is C26H19F3N6O2. The first-order valence-electron chi connectivity index (χ1n) is 11.1. The number of para-hydroxylation sites is 1. The van der Waals surface area contributed by atoms with Crippen molar-refractivity contribution in [3.8, 4) is 16.9 Å². The molecule has 1 N–H and O–H groups in total. The minimum Gasteiger partial charge on any atom is -0.306 e. The molecule has 11 heteroatoms. The van der Waals surface area contributed by atoms with Crippen LogP contribution in [0.5, 0.6) is 0 Å². The lowest BCUT2D eigenvalue weighted by atomic mass is 10.0. The number of hydrogen-bond donors (Lipinski definition) is 1. The van der Waals surface area contributed by atoms with Crippen molar-refractivity contribution in [1.82, 2.24) is 19.6 Å². The van der Waals surface area contributed by atoms with E-state index in [4.69, 9.17) is 0 Å². The van der Waals surface area contributed by atoms with Gasteiger partial charge in [0.25, 0.3) is 5.91 Å². The van der Waals surface area contributed by atoms with E-state index in [0.29, 0.717) is 17.1 Å². The van der Waals surface area contributed by atoms with Gasteiger partial charge >= 0.3 is 6.18 Å². The molecular weight excluding hydrogens is 485 g/mol. The van der Waals surface area contributed by atoms with E-state index in [-0.39, 0.29) is 35.0 Å². The number of ketones is 1. The topological polar surface area (TPSA) is 94.2 Å². The van der Waals surface area contributed by atoms with E-state index in [9.17, 15) is 22.8 Å². The molecule has 8 nitrogen and oxygen atoms in total. The molecule has 2 aromatic heterocycles. The van der Waals surface area contributed by atoms with Crippen LogP contribution in [0.3, 0.4) is 0 Å². The number of alkyl halides is 3. The number of anilines is 1. The Kier molecular flexibility index (Phi) is 6.04. The molecule has 5 rings (SSSR count). The highest BCUT2D eigenvalue weighted by Gasteiger charge is 2.34. The van der Waals surface area contributed by atoms with Crippen molar-refractivity contribution in [3.63, 3.8) is 0 Å². The van der Waals surface area contributed by atoms with Crippen LogP contribution in [-0.4, -0.2) is 43.5 Å². The van der Waals surface area contributed by atoms with Crippen LogP contribution in [-0.2, 0) is 18.0 Å². The van der Waals surface area contributed by atoms with Crippen molar-refractivity contribution in [2.24, 2.45) is 12.0 Å². The van der Waals surface area contributed by atoms with Crippen LogP contribution in [0.15, 0.2) is 84.0 Å². The molecule has 2 aromatic carbocycles. The fraction of sp³-hybridized carbons (Fsp3) is 0.115. The number of rotatable bonds is 5. The van der Waals surface area contributed by atoms with E-state index in [1.54, 1.807) is 43.5 Å². The van der Waals surface area contributed by atoms with Gasteiger partial charge < -0.3 is 5.32 Å². The fourth-order valence-electron chi connectivity index (χ4n) is 3.86. The lowest BCUT2D eigenvalue weighted by Crippen LogP contribution is -2.16. The summed E-state index contributed by atoms with van der Waals surface area (Å²) < 4.78 is 43.9. The van der Waals surface area contributed by atoms with Crippen LogP contribution in [0.25, 0.3) is 16.9 Å². The second kappa shape index (κ2) is 9.34. The molecule has 0 fully saturated rings. The molecule has 0 unspecified atom stereocenters. The number of hydrogen-bond acceptors (Lipinski definition) is 5. The Bertz CT molecular complexity index is 1560. The van der Waals surface area contributed by atoms with Crippen LogP contribution in [0.1, 0.15) is 21.6 Å². The fourth-order valence-corrected chi connectivity index (χ4v) is 3.86. The maximum Gasteiger partial charge on any atom is 0.417 e. The van der Waals surface area contributed by atoms with Crippen LogP contribution < -0.4 is 5.32 Å². The van der Waals surface area contributed by atoms with E-state index in [0.717, 1.165) is 12.1 Å². The summed E-state index contributed by atoms with van der Waals surface area (Å²) in [4.78, 5) is 29.0. The van der Waals surface area contributed by atoms with Gasteiger partial charge in [-0.05, 0) is 48.6 Å². The Labute approximate surface area is 208 Å². The highest BCUT2D eigenvalue weighted by Crippen LogP contribution is 2.37. The second-order valence-electron chi connectivity index (χ2n) is 8.25. The summed E-state index contributed by atoms with van der Waals surface area (Å²) in [5.74, 6) is -0.491. The first-order chi connectivity index (χ1) is 17.7. The van der Waals surface area contributed by atoms with E-state index in [2.05, 4.69) is 20.5 Å². The number of halogens is 3. The third kappa shape index (κ3) is 4.96. The standard InChI is InChI=1S/C26H19F3N6O2/c1-34-12-11-21(32-34)19-13-16(7-9-20(19)26(27,28)29)25(37)31-24-14-23(22-10-8-18(36)15-30-22)33-35(24)17-5-3-2-4-6-17/h2-14H,15H2,1H3,(H,31,37). The van der Waals surface area contributed by atoms with E-state index < -0.39 is 17.6 Å². The largest absolute Gasteiger partial charge is 0.417 e. The average molecular weight is 504 g/mol. The van der Waals surface area contributed by atoms with Gasteiger partial charge in [-0.3, -0.25) is 19.3 Å². The summed E-state index contributed by atoms with van der Waals surface area (Å²) >= 11 is 0. The number of carbonyl (C=O) groups excluding carboxylic acids is 2. The van der Waals surface area contributed by atoms with E-state index in [1.165, 1.54) is 33.8 Å². The van der Waals surface area contributed by atoms with Gasteiger partial charge in [0, 0.05) is 30.4 Å². The number of carbonyl (C=O) groups is 2. The van der Waals surface area contributed by atoms with Gasteiger partial charge in [-0.15, -0.1) is 0 Å². The van der Waals surface area contributed by atoms with Gasteiger partial charge in [0.15, 0.2) is 5.78 Å². The van der Waals surface area contributed by atoms with Crippen molar-refractivity contribution >= 4 is 23.2 Å².